The third-order valence-electron chi connectivity index (χ3n) is 6.33. The van der Waals surface area contributed by atoms with E-state index in [1.54, 1.807) is 40.3 Å². The van der Waals surface area contributed by atoms with E-state index >= 15 is 0 Å². The van der Waals surface area contributed by atoms with Crippen LogP contribution in [-0.2, 0) is 11.3 Å². The summed E-state index contributed by atoms with van der Waals surface area (Å²) in [7, 11) is -1.17. The maximum atomic E-state index is 13.5. The van der Waals surface area contributed by atoms with E-state index in [9.17, 15) is 9.18 Å². The molecule has 0 unspecified atom stereocenters. The van der Waals surface area contributed by atoms with Crippen LogP contribution in [-0.4, -0.2) is 66.4 Å². The van der Waals surface area contributed by atoms with Crippen molar-refractivity contribution in [1.29, 1.82) is 0 Å². The summed E-state index contributed by atoms with van der Waals surface area (Å²) < 4.78 is 26.6. The van der Waals surface area contributed by atoms with Gasteiger partial charge in [0.05, 0.1) is 36.2 Å². The van der Waals surface area contributed by atoms with E-state index < -0.39 is 14.2 Å². The van der Waals surface area contributed by atoms with Crippen molar-refractivity contribution < 1.29 is 18.7 Å². The Kier molecular flexibility index (Phi) is 6.76. The molecule has 1 fully saturated rings. The second kappa shape index (κ2) is 9.98. The first-order chi connectivity index (χ1) is 17.3. The number of halogens is 1. The van der Waals surface area contributed by atoms with Gasteiger partial charge in [-0.2, -0.15) is 5.10 Å². The molecule has 11 heteroatoms. The highest BCUT2D eigenvalue weighted by atomic mass is 28.3. The molecule has 5 rings (SSSR count). The number of amides is 1. The van der Waals surface area contributed by atoms with Gasteiger partial charge in [-0.3, -0.25) is 9.69 Å². The maximum Gasteiger partial charge on any atom is 0.263 e. The first-order valence-corrected chi connectivity index (χ1v) is 15.9. The maximum absolute atomic E-state index is 13.5. The lowest BCUT2D eigenvalue weighted by molar-refractivity contribution is 0.0221. The summed E-state index contributed by atoms with van der Waals surface area (Å²) in [5.41, 5.74) is 1.91. The van der Waals surface area contributed by atoms with Crippen molar-refractivity contribution in [1.82, 2.24) is 19.7 Å². The van der Waals surface area contributed by atoms with Crippen molar-refractivity contribution in [2.45, 2.75) is 44.8 Å². The second-order valence-electron chi connectivity index (χ2n) is 10.3. The number of hydrogen-bond donors (Lipinski definition) is 0. The molecule has 36 heavy (non-hydrogen) atoms. The van der Waals surface area contributed by atoms with E-state index in [1.165, 1.54) is 0 Å². The van der Waals surface area contributed by atoms with Gasteiger partial charge in [-0.15, -0.1) is 0 Å². The van der Waals surface area contributed by atoms with E-state index in [0.29, 0.717) is 55.5 Å². The highest BCUT2D eigenvalue weighted by Crippen LogP contribution is 2.33. The van der Waals surface area contributed by atoms with Crippen molar-refractivity contribution in [3.05, 3.63) is 54.1 Å². The van der Waals surface area contributed by atoms with Crippen LogP contribution in [0.2, 0.25) is 25.7 Å². The summed E-state index contributed by atoms with van der Waals surface area (Å²) in [5.74, 6) is 1.50. The highest BCUT2D eigenvalue weighted by Gasteiger charge is 2.34. The zero-order valence-corrected chi connectivity index (χ0v) is 21.9. The van der Waals surface area contributed by atoms with Gasteiger partial charge in [0.1, 0.15) is 12.0 Å². The van der Waals surface area contributed by atoms with Gasteiger partial charge in [0.15, 0.2) is 18.4 Å². The number of anilines is 2. The zero-order valence-electron chi connectivity index (χ0n) is 20.9. The summed E-state index contributed by atoms with van der Waals surface area (Å²) in [4.78, 5) is 25.6. The van der Waals surface area contributed by atoms with Gasteiger partial charge in [-0.05, 0) is 36.7 Å². The summed E-state index contributed by atoms with van der Waals surface area (Å²) in [6.45, 7) is 8.98. The molecule has 5 heterocycles. The molecule has 1 amide bonds. The minimum absolute atomic E-state index is 0.106. The van der Waals surface area contributed by atoms with E-state index in [-0.39, 0.29) is 12.7 Å². The number of fused-ring (bicyclic) bond motifs is 1. The molecule has 1 atom stereocenters. The van der Waals surface area contributed by atoms with Gasteiger partial charge in [0, 0.05) is 33.6 Å². The molecule has 0 saturated carbocycles. The SMILES string of the molecule is C[Si](C)(C)CCOCOc1cccnc1N1Cc2nn(-c3ccc(N4CC[C@H](F)C4)nc3)cc2C1=O. The Bertz CT molecular complexity index is 1230. The van der Waals surface area contributed by atoms with Crippen molar-refractivity contribution in [2.75, 3.05) is 36.3 Å². The topological polar surface area (TPSA) is 85.6 Å². The molecule has 0 aliphatic carbocycles. The van der Waals surface area contributed by atoms with Crippen LogP contribution in [0.5, 0.6) is 5.75 Å². The Labute approximate surface area is 210 Å². The number of nitrogens with zero attached hydrogens (tertiary/aromatic N) is 6. The second-order valence-corrected chi connectivity index (χ2v) is 16.0. The fourth-order valence-corrected chi connectivity index (χ4v) is 5.00. The Morgan fingerprint density at radius 1 is 1.19 bits per heavy atom. The zero-order chi connectivity index (χ0) is 25.3. The van der Waals surface area contributed by atoms with Crippen LogP contribution in [0.1, 0.15) is 22.5 Å². The van der Waals surface area contributed by atoms with Gasteiger partial charge >= 0.3 is 0 Å². The number of alkyl halides is 1. The Morgan fingerprint density at radius 3 is 2.75 bits per heavy atom. The van der Waals surface area contributed by atoms with Crippen LogP contribution in [0.15, 0.2) is 42.9 Å². The van der Waals surface area contributed by atoms with E-state index in [0.717, 1.165) is 17.5 Å². The van der Waals surface area contributed by atoms with Crippen LogP contribution in [0.3, 0.4) is 0 Å². The van der Waals surface area contributed by atoms with E-state index in [1.807, 2.05) is 17.0 Å². The van der Waals surface area contributed by atoms with Gasteiger partial charge in [0.2, 0.25) is 0 Å². The summed E-state index contributed by atoms with van der Waals surface area (Å²) in [6.07, 6.45) is 4.77. The van der Waals surface area contributed by atoms with Crippen LogP contribution in [0.25, 0.3) is 5.69 Å². The average Bonchev–Trinajstić information content (AvgIpc) is 3.55. The molecule has 9 nitrogen and oxygen atoms in total. The van der Waals surface area contributed by atoms with Crippen LogP contribution in [0.4, 0.5) is 16.0 Å². The lowest BCUT2D eigenvalue weighted by Gasteiger charge is -2.19. The third kappa shape index (κ3) is 5.26. The molecule has 0 N–H and O–H groups in total. The Morgan fingerprint density at radius 2 is 2.06 bits per heavy atom. The molecule has 0 radical (unpaired) electrons. The molecule has 1 saturated heterocycles. The lowest BCUT2D eigenvalue weighted by atomic mass is 10.3. The van der Waals surface area contributed by atoms with Gasteiger partial charge < -0.3 is 14.4 Å². The monoisotopic (exact) mass is 510 g/mol. The smallest absolute Gasteiger partial charge is 0.263 e. The van der Waals surface area contributed by atoms with Gasteiger partial charge in [-0.25, -0.2) is 19.0 Å². The minimum atomic E-state index is -1.17. The molecule has 0 aromatic carbocycles. The summed E-state index contributed by atoms with van der Waals surface area (Å²) in [5, 5.41) is 4.62. The number of pyridine rings is 2. The molecule has 0 spiro atoms. The number of hydrogen-bond acceptors (Lipinski definition) is 7. The van der Waals surface area contributed by atoms with E-state index in [4.69, 9.17) is 9.47 Å². The number of ether oxygens (including phenoxy) is 2. The largest absolute Gasteiger partial charge is 0.464 e. The molecule has 3 aromatic rings. The third-order valence-corrected chi connectivity index (χ3v) is 8.03. The fraction of sp³-hybridized carbons (Fsp3) is 0.440. The number of carbonyl (C=O) groups excluding carboxylic acids is 1. The van der Waals surface area contributed by atoms with Crippen molar-refractivity contribution in [3.8, 4) is 11.4 Å². The quantitative estimate of drug-likeness (QED) is 0.244. The van der Waals surface area contributed by atoms with Crippen molar-refractivity contribution >= 4 is 25.6 Å². The Balaban J connectivity index is 1.24. The molecule has 2 aliphatic rings. The number of aromatic nitrogens is 4. The molecule has 190 valence electrons. The molecule has 0 bridgehead atoms. The van der Waals surface area contributed by atoms with Crippen molar-refractivity contribution in [2.24, 2.45) is 0 Å². The van der Waals surface area contributed by atoms with Gasteiger partial charge in [0.25, 0.3) is 5.91 Å². The number of rotatable bonds is 9. The molecular weight excluding hydrogens is 479 g/mol. The highest BCUT2D eigenvalue weighted by molar-refractivity contribution is 6.76. The predicted octanol–water partition coefficient (Wildman–Crippen LogP) is 4.06. The van der Waals surface area contributed by atoms with E-state index in [2.05, 4.69) is 34.7 Å². The molecular formula is C25H31FN6O3Si. The van der Waals surface area contributed by atoms with Crippen LogP contribution >= 0.6 is 0 Å². The first-order valence-electron chi connectivity index (χ1n) is 12.2. The van der Waals surface area contributed by atoms with Crippen LogP contribution in [0, 0.1) is 0 Å². The average molecular weight is 511 g/mol. The standard InChI is InChI=1S/C25H31FN6O3Si/c1-36(2,3)12-11-34-17-35-22-5-4-9-27-24(22)31-16-21-20(25(31)33)15-32(29-21)19-6-7-23(28-13-19)30-10-8-18(26)14-30/h4-7,9,13,15,18H,8,10-12,14,16-17H2,1-3H3/t18-/m0/s1. The normalized spacial score (nSPS) is 17.7. The summed E-state index contributed by atoms with van der Waals surface area (Å²) >= 11 is 0. The van der Waals surface area contributed by atoms with Crippen LogP contribution < -0.4 is 14.5 Å². The Hall–Kier alpha value is -3.31. The number of carbonyl (C=O) groups is 1. The predicted molar refractivity (Wildman–Crippen MR) is 137 cm³/mol. The molecule has 3 aromatic heterocycles. The lowest BCUT2D eigenvalue weighted by Crippen LogP contribution is -2.26. The summed E-state index contributed by atoms with van der Waals surface area (Å²) in [6, 6.07) is 8.35. The van der Waals surface area contributed by atoms with Crippen molar-refractivity contribution in [3.63, 3.8) is 0 Å². The van der Waals surface area contributed by atoms with Gasteiger partial charge in [-0.1, -0.05) is 19.6 Å². The fourth-order valence-electron chi connectivity index (χ4n) is 4.24. The molecule has 2 aliphatic heterocycles. The minimum Gasteiger partial charge on any atom is -0.464 e. The first kappa shape index (κ1) is 24.4.